The Morgan fingerprint density at radius 3 is 1.29 bits per heavy atom. The molecule has 0 saturated heterocycles. The largest absolute Gasteiger partial charge is 0.122 e. The third kappa shape index (κ3) is 5.98. The van der Waals surface area contributed by atoms with Crippen molar-refractivity contribution in [3.63, 3.8) is 0 Å². The fourth-order valence-corrected chi connectivity index (χ4v) is 3.66. The topological polar surface area (TPSA) is 0 Å². The van der Waals surface area contributed by atoms with Gasteiger partial charge < -0.3 is 0 Å². The van der Waals surface area contributed by atoms with Crippen LogP contribution >= 0.6 is 11.6 Å². The van der Waals surface area contributed by atoms with Crippen molar-refractivity contribution in [2.24, 2.45) is 0 Å². The quantitative estimate of drug-likeness (QED) is 0.515. The summed E-state index contributed by atoms with van der Waals surface area (Å²) in [4.78, 5) is 0. The Hall–Kier alpha value is -1.83. The summed E-state index contributed by atoms with van der Waals surface area (Å²) >= 11 is 5.53. The van der Waals surface area contributed by atoms with E-state index < -0.39 is 0 Å². The number of benzene rings is 3. The molecule has 0 aromatic heterocycles. The predicted molar refractivity (Wildman–Crippen MR) is 96.7 cm³/mol. The van der Waals surface area contributed by atoms with E-state index in [2.05, 4.69) is 60.7 Å². The summed E-state index contributed by atoms with van der Waals surface area (Å²) in [7, 11) is -0.234. The van der Waals surface area contributed by atoms with E-state index in [9.17, 15) is 0 Å². The van der Waals surface area contributed by atoms with Crippen LogP contribution in [0.4, 0.5) is 0 Å². The Balaban J connectivity index is 0.000000173. The highest BCUT2D eigenvalue weighted by Gasteiger charge is 1.93. The number of hydrogen-bond acceptors (Lipinski definition) is 0. The summed E-state index contributed by atoms with van der Waals surface area (Å²) in [5.74, 6) is 0.612. The molecule has 3 aromatic carbocycles. The molecule has 0 fully saturated rings. The van der Waals surface area contributed by atoms with Crippen LogP contribution in [0.3, 0.4) is 0 Å². The van der Waals surface area contributed by atoms with Crippen LogP contribution in [0, 0.1) is 0 Å². The highest BCUT2D eigenvalue weighted by Crippen LogP contribution is 2.00. The number of hydrogen-bond donors (Lipinski definition) is 0. The first-order chi connectivity index (χ1) is 10.4. The Kier molecular flexibility index (Phi) is 6.79. The molecule has 0 radical (unpaired) electrons. The van der Waals surface area contributed by atoms with Gasteiger partial charge in [-0.05, 0) is 5.56 Å². The van der Waals surface area contributed by atoms with Crippen molar-refractivity contribution < 1.29 is 0 Å². The van der Waals surface area contributed by atoms with Gasteiger partial charge in [-0.15, -0.1) is 11.6 Å². The van der Waals surface area contributed by atoms with Gasteiger partial charge in [0.1, 0.15) is 0 Å². The molecule has 0 N–H and O–H groups in total. The Bertz CT molecular complexity index is 571. The van der Waals surface area contributed by atoms with Gasteiger partial charge in [-0.2, -0.15) is 0 Å². The van der Waals surface area contributed by atoms with Crippen molar-refractivity contribution in [1.82, 2.24) is 0 Å². The van der Waals surface area contributed by atoms with Gasteiger partial charge in [0, 0.05) is 5.88 Å². The lowest BCUT2D eigenvalue weighted by Gasteiger charge is -1.99. The average molecular weight is 311 g/mol. The molecular formula is C19H19ClSi. The maximum Gasteiger partial charge on any atom is 0.0875 e. The summed E-state index contributed by atoms with van der Waals surface area (Å²) in [6.45, 7) is 0. The fraction of sp³-hybridized carbons (Fsp3) is 0.0526. The number of halogens is 1. The zero-order valence-electron chi connectivity index (χ0n) is 12.0. The Morgan fingerprint density at radius 2 is 0.952 bits per heavy atom. The van der Waals surface area contributed by atoms with E-state index in [0.717, 1.165) is 0 Å². The fourth-order valence-electron chi connectivity index (χ4n) is 1.99. The minimum atomic E-state index is -0.234. The molecule has 0 aliphatic rings. The highest BCUT2D eigenvalue weighted by atomic mass is 35.5. The second-order valence-corrected chi connectivity index (χ2v) is 7.02. The van der Waals surface area contributed by atoms with Crippen LogP contribution in [-0.2, 0) is 5.88 Å². The number of rotatable bonds is 3. The second kappa shape index (κ2) is 9.17. The van der Waals surface area contributed by atoms with Crippen LogP contribution in [0.1, 0.15) is 5.56 Å². The lowest BCUT2D eigenvalue weighted by atomic mass is 10.2. The minimum absolute atomic E-state index is 0.234. The van der Waals surface area contributed by atoms with Crippen LogP contribution in [0.5, 0.6) is 0 Å². The molecule has 0 heterocycles. The molecule has 0 aliphatic heterocycles. The zero-order valence-corrected chi connectivity index (χ0v) is 14.1. The molecule has 0 spiro atoms. The van der Waals surface area contributed by atoms with E-state index in [4.69, 9.17) is 11.6 Å². The van der Waals surface area contributed by atoms with E-state index in [1.807, 2.05) is 30.3 Å². The zero-order chi connectivity index (χ0) is 14.8. The summed E-state index contributed by atoms with van der Waals surface area (Å²) < 4.78 is 0. The van der Waals surface area contributed by atoms with E-state index in [0.29, 0.717) is 5.88 Å². The summed E-state index contributed by atoms with van der Waals surface area (Å²) in [5.41, 5.74) is 1.18. The van der Waals surface area contributed by atoms with Crippen molar-refractivity contribution in [2.75, 3.05) is 0 Å². The molecule has 21 heavy (non-hydrogen) atoms. The molecule has 3 rings (SSSR count). The molecule has 0 bridgehead atoms. The van der Waals surface area contributed by atoms with E-state index >= 15 is 0 Å². The van der Waals surface area contributed by atoms with E-state index in [1.165, 1.54) is 15.9 Å². The summed E-state index contributed by atoms with van der Waals surface area (Å²) in [6, 6.07) is 31.5. The number of alkyl halides is 1. The predicted octanol–water partition coefficient (Wildman–Crippen LogP) is 3.23. The average Bonchev–Trinajstić information content (AvgIpc) is 2.58. The highest BCUT2D eigenvalue weighted by molar-refractivity contribution is 6.67. The molecular weight excluding hydrogens is 292 g/mol. The molecule has 2 heteroatoms. The molecule has 0 atom stereocenters. The monoisotopic (exact) mass is 310 g/mol. The van der Waals surface area contributed by atoms with Gasteiger partial charge >= 0.3 is 0 Å². The molecule has 0 nitrogen and oxygen atoms in total. The van der Waals surface area contributed by atoms with Crippen LogP contribution in [0.2, 0.25) is 0 Å². The minimum Gasteiger partial charge on any atom is -0.122 e. The smallest absolute Gasteiger partial charge is 0.0875 e. The molecule has 0 saturated carbocycles. The first-order valence-electron chi connectivity index (χ1n) is 7.06. The molecule has 0 amide bonds. The molecule has 106 valence electrons. The maximum absolute atomic E-state index is 5.53. The Morgan fingerprint density at radius 1 is 0.571 bits per heavy atom. The third-order valence-corrected chi connectivity index (χ3v) is 5.16. The van der Waals surface area contributed by atoms with Crippen LogP contribution in [0.15, 0.2) is 91.0 Å². The van der Waals surface area contributed by atoms with Gasteiger partial charge in [0.25, 0.3) is 0 Å². The van der Waals surface area contributed by atoms with Crippen molar-refractivity contribution in [3.05, 3.63) is 96.6 Å². The summed E-state index contributed by atoms with van der Waals surface area (Å²) in [5, 5.41) is 3.02. The lowest BCUT2D eigenvalue weighted by Crippen LogP contribution is -2.26. The van der Waals surface area contributed by atoms with Gasteiger partial charge in [0.05, 0.1) is 9.52 Å². The first-order valence-corrected chi connectivity index (χ1v) is 9.01. The van der Waals surface area contributed by atoms with E-state index in [-0.39, 0.29) is 9.52 Å². The Labute approximate surface area is 134 Å². The van der Waals surface area contributed by atoms with Crippen molar-refractivity contribution >= 4 is 31.5 Å². The molecule has 0 aliphatic carbocycles. The van der Waals surface area contributed by atoms with Gasteiger partial charge in [0.2, 0.25) is 0 Å². The third-order valence-electron chi connectivity index (χ3n) is 3.09. The molecule has 3 aromatic rings. The van der Waals surface area contributed by atoms with E-state index in [1.54, 1.807) is 0 Å². The standard InChI is InChI=1S/C12H12Si.C7H7Cl/c1-3-7-11(8-4-1)13-12-9-5-2-6-10-12;8-6-7-4-2-1-3-5-7/h1-10H,13H2;1-5H,6H2. The van der Waals surface area contributed by atoms with Gasteiger partial charge in [-0.3, -0.25) is 0 Å². The van der Waals surface area contributed by atoms with Gasteiger partial charge in [0.15, 0.2) is 0 Å². The van der Waals surface area contributed by atoms with Gasteiger partial charge in [-0.25, -0.2) is 0 Å². The second-order valence-electron chi connectivity index (χ2n) is 4.77. The molecule has 0 unspecified atom stereocenters. The van der Waals surface area contributed by atoms with Crippen molar-refractivity contribution in [2.45, 2.75) is 5.88 Å². The lowest BCUT2D eigenvalue weighted by molar-refractivity contribution is 1.41. The van der Waals surface area contributed by atoms with Crippen molar-refractivity contribution in [3.8, 4) is 0 Å². The van der Waals surface area contributed by atoms with Crippen LogP contribution < -0.4 is 10.4 Å². The van der Waals surface area contributed by atoms with Crippen LogP contribution in [-0.4, -0.2) is 9.52 Å². The normalized spacial score (nSPS) is 9.57. The first kappa shape index (κ1) is 15.6. The van der Waals surface area contributed by atoms with Crippen LogP contribution in [0.25, 0.3) is 0 Å². The maximum atomic E-state index is 5.53. The van der Waals surface area contributed by atoms with Gasteiger partial charge in [-0.1, -0.05) is 101 Å². The SMILES string of the molecule is ClCc1ccccc1.c1ccc([SiH2]c2ccccc2)cc1. The summed E-state index contributed by atoms with van der Waals surface area (Å²) in [6.07, 6.45) is 0. The van der Waals surface area contributed by atoms with Crippen molar-refractivity contribution in [1.29, 1.82) is 0 Å².